The number of halogens is 1. The van der Waals surface area contributed by atoms with Crippen LogP contribution in [-0.4, -0.2) is 45.5 Å². The molecule has 1 aromatic carbocycles. The van der Waals surface area contributed by atoms with Gasteiger partial charge >= 0.3 is 94.9 Å². The first-order valence-corrected chi connectivity index (χ1v) is 7.46. The van der Waals surface area contributed by atoms with Gasteiger partial charge < -0.3 is 0 Å². The molecule has 1 aromatic rings. The minimum absolute atomic E-state index is 0.915. The maximum atomic E-state index is 8.74. The van der Waals surface area contributed by atoms with Crippen LogP contribution in [0.3, 0.4) is 0 Å². The summed E-state index contributed by atoms with van der Waals surface area (Å²) in [5.74, 6) is 0. The Labute approximate surface area is 112 Å². The van der Waals surface area contributed by atoms with E-state index in [1.54, 1.807) is 0 Å². The van der Waals surface area contributed by atoms with Gasteiger partial charge in [-0.1, -0.05) is 0 Å². The van der Waals surface area contributed by atoms with Crippen molar-refractivity contribution in [1.82, 2.24) is 0 Å². The molecule has 1 rings (SSSR count). The molecule has 0 amide bonds. The molecule has 0 unspecified atom stereocenters. The van der Waals surface area contributed by atoms with Gasteiger partial charge in [-0.25, -0.2) is 0 Å². The second-order valence-electron chi connectivity index (χ2n) is 2.79. The summed E-state index contributed by atoms with van der Waals surface area (Å²) in [4.78, 5) is 0. The van der Waals surface area contributed by atoms with Gasteiger partial charge in [-0.3, -0.25) is 9.11 Å². The Kier molecular flexibility index (Phi) is 7.81. The van der Waals surface area contributed by atoms with Crippen LogP contribution in [0, 0.1) is 0 Å². The van der Waals surface area contributed by atoms with E-state index in [0.29, 0.717) is 0 Å². The fourth-order valence-electron chi connectivity index (χ4n) is 0.970. The van der Waals surface area contributed by atoms with Gasteiger partial charge in [0.1, 0.15) is 0 Å². The second kappa shape index (κ2) is 7.62. The molecule has 4 nitrogen and oxygen atoms in total. The first-order valence-electron chi connectivity index (χ1n) is 4.28. The van der Waals surface area contributed by atoms with Crippen LogP contribution in [0.4, 0.5) is 0 Å². The zero-order valence-corrected chi connectivity index (χ0v) is 11.8. The van der Waals surface area contributed by atoms with Crippen LogP contribution in [0.25, 0.3) is 0 Å². The molecule has 0 fully saturated rings. The Bertz CT molecular complexity index is 385. The third-order valence-corrected chi connectivity index (χ3v) is 2.35. The van der Waals surface area contributed by atoms with Crippen LogP contribution in [0.15, 0.2) is 24.3 Å². The number of aryl methyl sites for hydroxylation is 1. The molecule has 0 aliphatic carbocycles. The number of hydrogen-bond acceptors (Lipinski definition) is 2. The normalized spacial score (nSPS) is 10.5. The van der Waals surface area contributed by atoms with Crippen LogP contribution < -0.4 is 0 Å². The SMILES string of the molecule is O=S(=O)(O)O.[Na][CH2]Cc1ccccc1Cl. The second-order valence-corrected chi connectivity index (χ2v) is 5.09. The molecule has 0 aliphatic heterocycles. The molecule has 0 aliphatic rings. The van der Waals surface area contributed by atoms with Crippen molar-refractivity contribution in [3.8, 4) is 0 Å². The molecule has 0 spiro atoms. The third kappa shape index (κ3) is 10.7. The van der Waals surface area contributed by atoms with E-state index >= 15 is 0 Å². The minimum atomic E-state index is -4.67. The molecular formula is C8H10ClNaO4S. The Morgan fingerprint density at radius 2 is 1.73 bits per heavy atom. The molecule has 0 radical (unpaired) electrons. The van der Waals surface area contributed by atoms with Crippen molar-refractivity contribution in [1.29, 1.82) is 0 Å². The van der Waals surface area contributed by atoms with E-state index in [2.05, 4.69) is 6.07 Å². The Balaban J connectivity index is 0.000000336. The first kappa shape index (κ1) is 15.4. The van der Waals surface area contributed by atoms with Gasteiger partial charge in [0.15, 0.2) is 0 Å². The van der Waals surface area contributed by atoms with Gasteiger partial charge in [0, 0.05) is 0 Å². The Morgan fingerprint density at radius 3 is 2.13 bits per heavy atom. The average Bonchev–Trinajstić information content (AvgIpc) is 2.06. The van der Waals surface area contributed by atoms with Gasteiger partial charge in [0.25, 0.3) is 0 Å². The zero-order chi connectivity index (χ0) is 11.9. The molecule has 7 heteroatoms. The number of rotatable bonds is 2. The van der Waals surface area contributed by atoms with Crippen LogP contribution in [0.5, 0.6) is 0 Å². The molecule has 0 bridgehead atoms. The monoisotopic (exact) mass is 260 g/mol. The predicted octanol–water partition coefficient (Wildman–Crippen LogP) is 1.82. The summed E-state index contributed by atoms with van der Waals surface area (Å²) in [7, 11) is -4.67. The van der Waals surface area contributed by atoms with Crippen LogP contribution in [0.2, 0.25) is 8.69 Å². The summed E-state index contributed by atoms with van der Waals surface area (Å²) in [5.41, 5.74) is 1.29. The summed E-state index contributed by atoms with van der Waals surface area (Å²) in [6, 6.07) is 8.06. The summed E-state index contributed by atoms with van der Waals surface area (Å²) >= 11 is 7.18. The Hall–Kier alpha value is 0.380. The predicted molar refractivity (Wildman–Crippen MR) is 59.9 cm³/mol. The molecule has 15 heavy (non-hydrogen) atoms. The van der Waals surface area contributed by atoms with E-state index < -0.39 is 10.4 Å². The van der Waals surface area contributed by atoms with E-state index in [-0.39, 0.29) is 0 Å². The zero-order valence-electron chi connectivity index (χ0n) is 8.22. The summed E-state index contributed by atoms with van der Waals surface area (Å²) in [5, 5.41) is 0.915. The topological polar surface area (TPSA) is 74.6 Å². The summed E-state index contributed by atoms with van der Waals surface area (Å²) in [6.07, 6.45) is 1.14. The summed E-state index contributed by atoms with van der Waals surface area (Å²) < 4.78 is 32.9. The van der Waals surface area contributed by atoms with E-state index in [1.807, 2.05) is 18.2 Å². The van der Waals surface area contributed by atoms with Crippen LogP contribution in [0.1, 0.15) is 5.56 Å². The van der Waals surface area contributed by atoms with Crippen LogP contribution >= 0.6 is 11.6 Å². The van der Waals surface area contributed by atoms with Gasteiger partial charge in [0.2, 0.25) is 0 Å². The van der Waals surface area contributed by atoms with E-state index in [0.717, 1.165) is 11.4 Å². The van der Waals surface area contributed by atoms with Crippen molar-refractivity contribution < 1.29 is 17.5 Å². The molecule has 0 saturated heterocycles. The molecule has 80 valence electrons. The first-order chi connectivity index (χ1) is 6.84. The van der Waals surface area contributed by atoms with E-state index in [4.69, 9.17) is 29.1 Å². The average molecular weight is 261 g/mol. The number of benzene rings is 1. The third-order valence-electron chi connectivity index (χ3n) is 1.48. The Morgan fingerprint density at radius 1 is 1.27 bits per heavy atom. The van der Waals surface area contributed by atoms with Crippen molar-refractivity contribution in [2.75, 3.05) is 0 Å². The van der Waals surface area contributed by atoms with Crippen molar-refractivity contribution in [3.63, 3.8) is 0 Å². The van der Waals surface area contributed by atoms with Crippen LogP contribution in [-0.2, 0) is 16.8 Å². The molecule has 0 atom stereocenters. The fraction of sp³-hybridized carbons (Fsp3) is 0.250. The maximum absolute atomic E-state index is 8.74. The molecule has 0 heterocycles. The number of hydrogen-bond donors (Lipinski definition) is 2. The van der Waals surface area contributed by atoms with Gasteiger partial charge in [-0.15, -0.1) is 0 Å². The van der Waals surface area contributed by atoms with Crippen molar-refractivity contribution in [3.05, 3.63) is 34.9 Å². The summed E-state index contributed by atoms with van der Waals surface area (Å²) in [6.45, 7) is 0. The van der Waals surface area contributed by atoms with E-state index in [9.17, 15) is 0 Å². The van der Waals surface area contributed by atoms with Gasteiger partial charge in [-0.05, 0) is 0 Å². The quantitative estimate of drug-likeness (QED) is 0.628. The van der Waals surface area contributed by atoms with Crippen molar-refractivity contribution in [2.24, 2.45) is 0 Å². The van der Waals surface area contributed by atoms with Gasteiger partial charge in [-0.2, -0.15) is 8.42 Å². The van der Waals surface area contributed by atoms with Crippen molar-refractivity contribution in [2.45, 2.75) is 10.1 Å². The molecule has 0 aromatic heterocycles. The van der Waals surface area contributed by atoms with E-state index in [1.165, 1.54) is 37.2 Å². The standard InChI is InChI=1S/C8H8Cl.Na.H2O4S/c1-2-7-5-3-4-6-8(7)9;;1-5(2,3)4/h3-6H,1-2H2;;(H2,1,2,3,4). The van der Waals surface area contributed by atoms with Gasteiger partial charge in [0.05, 0.1) is 0 Å². The molecule has 2 N–H and O–H groups in total. The molecular weight excluding hydrogens is 251 g/mol. The van der Waals surface area contributed by atoms with Crippen molar-refractivity contribution >= 4 is 49.9 Å². The fourth-order valence-corrected chi connectivity index (χ4v) is 1.74. The molecule has 0 saturated carbocycles.